The van der Waals surface area contributed by atoms with E-state index in [0.29, 0.717) is 11.3 Å². The maximum absolute atomic E-state index is 11.2. The van der Waals surface area contributed by atoms with Gasteiger partial charge in [-0.3, -0.25) is 4.79 Å². The van der Waals surface area contributed by atoms with E-state index in [2.05, 4.69) is 16.6 Å². The third-order valence-electron chi connectivity index (χ3n) is 1.88. The lowest BCUT2D eigenvalue weighted by molar-refractivity contribution is 0.101. The van der Waals surface area contributed by atoms with Gasteiger partial charge in [-0.1, -0.05) is 18.1 Å². The van der Waals surface area contributed by atoms with Crippen LogP contribution in [0.3, 0.4) is 0 Å². The first-order valence-corrected chi connectivity index (χ1v) is 4.73. The number of hydrogen-bond donors (Lipinski definition) is 2. The number of rotatable bonds is 3. The van der Waals surface area contributed by atoms with Crippen molar-refractivity contribution in [2.24, 2.45) is 0 Å². The smallest absolute Gasteiger partial charge is 0.319 e. The summed E-state index contributed by atoms with van der Waals surface area (Å²) in [5.74, 6) is 2.24. The van der Waals surface area contributed by atoms with Gasteiger partial charge in [-0.05, 0) is 19.1 Å². The van der Waals surface area contributed by atoms with E-state index in [-0.39, 0.29) is 12.3 Å². The molecule has 0 atom stereocenters. The molecular weight excluding hydrogens is 204 g/mol. The predicted octanol–water partition coefficient (Wildman–Crippen LogP) is 1.64. The molecule has 1 rings (SSSR count). The van der Waals surface area contributed by atoms with E-state index in [4.69, 9.17) is 6.42 Å². The minimum Gasteiger partial charge on any atom is -0.327 e. The Morgan fingerprint density at radius 1 is 1.44 bits per heavy atom. The third-order valence-corrected chi connectivity index (χ3v) is 1.88. The van der Waals surface area contributed by atoms with Crippen LogP contribution in [0.15, 0.2) is 24.3 Å². The number of Topliss-reactive ketones (excluding diaryl/α,β-unsaturated/α-hetero) is 1. The zero-order valence-electron chi connectivity index (χ0n) is 8.91. The molecule has 0 saturated carbocycles. The van der Waals surface area contributed by atoms with E-state index in [9.17, 15) is 9.59 Å². The molecule has 1 aromatic carbocycles. The fourth-order valence-electron chi connectivity index (χ4n) is 1.12. The van der Waals surface area contributed by atoms with Gasteiger partial charge in [-0.15, -0.1) is 6.42 Å². The quantitative estimate of drug-likeness (QED) is 0.596. The lowest BCUT2D eigenvalue weighted by Crippen LogP contribution is -2.28. The first-order chi connectivity index (χ1) is 7.63. The number of carbonyl (C=O) groups excluding carboxylic acids is 2. The van der Waals surface area contributed by atoms with Crippen LogP contribution in [0.4, 0.5) is 10.5 Å². The summed E-state index contributed by atoms with van der Waals surface area (Å²) in [4.78, 5) is 22.4. The highest BCUT2D eigenvalue weighted by atomic mass is 16.2. The van der Waals surface area contributed by atoms with Crippen LogP contribution in [-0.4, -0.2) is 18.4 Å². The van der Waals surface area contributed by atoms with Crippen LogP contribution >= 0.6 is 0 Å². The number of ketones is 1. The topological polar surface area (TPSA) is 58.2 Å². The molecule has 4 nitrogen and oxygen atoms in total. The summed E-state index contributed by atoms with van der Waals surface area (Å²) < 4.78 is 0. The van der Waals surface area contributed by atoms with Crippen molar-refractivity contribution in [1.82, 2.24) is 5.32 Å². The van der Waals surface area contributed by atoms with E-state index in [1.54, 1.807) is 24.3 Å². The molecule has 0 saturated heterocycles. The minimum absolute atomic E-state index is 0.0484. The normalized spacial score (nSPS) is 9.00. The molecule has 2 N–H and O–H groups in total. The monoisotopic (exact) mass is 216 g/mol. The van der Waals surface area contributed by atoms with Gasteiger partial charge in [0.1, 0.15) is 0 Å². The Morgan fingerprint density at radius 3 is 2.81 bits per heavy atom. The highest BCUT2D eigenvalue weighted by molar-refractivity contribution is 5.96. The second-order valence-corrected chi connectivity index (χ2v) is 3.15. The van der Waals surface area contributed by atoms with Crippen molar-refractivity contribution in [3.63, 3.8) is 0 Å². The largest absolute Gasteiger partial charge is 0.327 e. The van der Waals surface area contributed by atoms with Gasteiger partial charge in [-0.25, -0.2) is 4.79 Å². The van der Waals surface area contributed by atoms with Crippen molar-refractivity contribution in [3.8, 4) is 12.3 Å². The highest BCUT2D eigenvalue weighted by Gasteiger charge is 2.03. The van der Waals surface area contributed by atoms with Gasteiger partial charge in [0.15, 0.2) is 5.78 Å². The molecule has 0 aliphatic carbocycles. The molecule has 0 spiro atoms. The molecule has 0 aliphatic heterocycles. The third kappa shape index (κ3) is 3.46. The predicted molar refractivity (Wildman–Crippen MR) is 62.3 cm³/mol. The van der Waals surface area contributed by atoms with E-state index >= 15 is 0 Å². The average Bonchev–Trinajstić information content (AvgIpc) is 2.26. The average molecular weight is 216 g/mol. The fraction of sp³-hybridized carbons (Fsp3) is 0.167. The summed E-state index contributed by atoms with van der Waals surface area (Å²) in [7, 11) is 0. The Bertz CT molecular complexity index is 447. The Hall–Kier alpha value is -2.28. The number of urea groups is 1. The van der Waals surface area contributed by atoms with Gasteiger partial charge >= 0.3 is 6.03 Å². The van der Waals surface area contributed by atoms with Crippen molar-refractivity contribution in [2.75, 3.05) is 11.9 Å². The maximum atomic E-state index is 11.2. The summed E-state index contributed by atoms with van der Waals surface area (Å²) in [5, 5.41) is 5.03. The van der Waals surface area contributed by atoms with Crippen LogP contribution in [0.5, 0.6) is 0 Å². The highest BCUT2D eigenvalue weighted by Crippen LogP contribution is 2.10. The van der Waals surface area contributed by atoms with Gasteiger partial charge in [0.05, 0.1) is 6.54 Å². The molecule has 1 aromatic rings. The van der Waals surface area contributed by atoms with Crippen molar-refractivity contribution in [2.45, 2.75) is 6.92 Å². The number of carbonyl (C=O) groups is 2. The lowest BCUT2D eigenvalue weighted by Gasteiger charge is -2.06. The van der Waals surface area contributed by atoms with Crippen LogP contribution in [0.2, 0.25) is 0 Å². The van der Waals surface area contributed by atoms with Gasteiger partial charge in [0.25, 0.3) is 0 Å². The van der Waals surface area contributed by atoms with E-state index in [0.717, 1.165) is 0 Å². The Kier molecular flexibility index (Phi) is 4.10. The zero-order valence-corrected chi connectivity index (χ0v) is 8.91. The summed E-state index contributed by atoms with van der Waals surface area (Å²) in [6.45, 7) is 1.63. The number of amides is 2. The van der Waals surface area contributed by atoms with E-state index in [1.165, 1.54) is 6.92 Å². The molecule has 16 heavy (non-hydrogen) atoms. The SMILES string of the molecule is C#CCNC(=O)Nc1cccc(C(C)=O)c1. The van der Waals surface area contributed by atoms with Gasteiger partial charge in [-0.2, -0.15) is 0 Å². The molecule has 0 radical (unpaired) electrons. The molecular formula is C12H12N2O2. The standard InChI is InChI=1S/C12H12N2O2/c1-3-7-13-12(16)14-11-6-4-5-10(8-11)9(2)15/h1,4-6,8H,7H2,2H3,(H2,13,14,16). The molecule has 0 unspecified atom stereocenters. The maximum Gasteiger partial charge on any atom is 0.319 e. The van der Waals surface area contributed by atoms with Crippen LogP contribution in [0.1, 0.15) is 17.3 Å². The van der Waals surface area contributed by atoms with Crippen LogP contribution in [0, 0.1) is 12.3 Å². The summed E-state index contributed by atoms with van der Waals surface area (Å²) in [6.07, 6.45) is 5.00. The molecule has 0 bridgehead atoms. The number of anilines is 1. The Morgan fingerprint density at radius 2 is 2.19 bits per heavy atom. The van der Waals surface area contributed by atoms with Crippen molar-refractivity contribution >= 4 is 17.5 Å². The Balaban J connectivity index is 2.67. The Labute approximate surface area is 94.0 Å². The first-order valence-electron chi connectivity index (χ1n) is 4.73. The number of hydrogen-bond acceptors (Lipinski definition) is 2. The second-order valence-electron chi connectivity index (χ2n) is 3.15. The van der Waals surface area contributed by atoms with Crippen molar-refractivity contribution < 1.29 is 9.59 Å². The molecule has 0 aliphatic rings. The van der Waals surface area contributed by atoms with Crippen LogP contribution in [0.25, 0.3) is 0 Å². The number of nitrogens with one attached hydrogen (secondary N) is 2. The van der Waals surface area contributed by atoms with Crippen molar-refractivity contribution in [1.29, 1.82) is 0 Å². The minimum atomic E-state index is -0.390. The molecule has 0 heterocycles. The van der Waals surface area contributed by atoms with Gasteiger partial charge in [0, 0.05) is 11.3 Å². The zero-order chi connectivity index (χ0) is 12.0. The summed E-state index contributed by atoms with van der Waals surface area (Å²) >= 11 is 0. The van der Waals surface area contributed by atoms with Crippen LogP contribution < -0.4 is 10.6 Å². The number of terminal acetylenes is 1. The summed E-state index contributed by atoms with van der Waals surface area (Å²) in [5.41, 5.74) is 1.11. The van der Waals surface area contributed by atoms with Crippen molar-refractivity contribution in [3.05, 3.63) is 29.8 Å². The lowest BCUT2D eigenvalue weighted by atomic mass is 10.1. The van der Waals surface area contributed by atoms with Gasteiger partial charge in [0.2, 0.25) is 0 Å². The van der Waals surface area contributed by atoms with Gasteiger partial charge < -0.3 is 10.6 Å². The molecule has 2 amide bonds. The van der Waals surface area contributed by atoms with E-state index in [1.807, 2.05) is 0 Å². The second kappa shape index (κ2) is 5.56. The fourth-order valence-corrected chi connectivity index (χ4v) is 1.12. The summed E-state index contributed by atoms with van der Waals surface area (Å²) in [6, 6.07) is 6.30. The molecule has 0 fully saturated rings. The first kappa shape index (κ1) is 11.8. The van der Waals surface area contributed by atoms with E-state index < -0.39 is 6.03 Å². The molecule has 0 aromatic heterocycles. The molecule has 82 valence electrons. The number of benzene rings is 1. The van der Waals surface area contributed by atoms with Crippen LogP contribution in [-0.2, 0) is 0 Å². The molecule has 4 heteroatoms.